The lowest BCUT2D eigenvalue weighted by molar-refractivity contribution is 0.0822. The first-order chi connectivity index (χ1) is 11.3. The number of fused-ring (bicyclic) bond motifs is 1. The molecule has 7 nitrogen and oxygen atoms in total. The standard InChI is InChI=1S/C16H22N4O3S/c1-3-9-24(22,23)19-8-4-5-14(19)16(21)20-15-10-12(17)6-7-13(15)11(2)18-20/h6-7,10,14H,3-5,8-9,17H2,1-2H3/t14-/m1/s1. The van der Waals surface area contributed by atoms with E-state index in [9.17, 15) is 13.2 Å². The van der Waals surface area contributed by atoms with Crippen molar-refractivity contribution in [1.29, 1.82) is 0 Å². The number of hydrogen-bond donors (Lipinski definition) is 1. The molecule has 1 aromatic carbocycles. The lowest BCUT2D eigenvalue weighted by Crippen LogP contribution is -2.43. The number of benzene rings is 1. The van der Waals surface area contributed by atoms with E-state index in [0.29, 0.717) is 37.0 Å². The smallest absolute Gasteiger partial charge is 0.265 e. The summed E-state index contributed by atoms with van der Waals surface area (Å²) in [7, 11) is -3.42. The Morgan fingerprint density at radius 3 is 2.88 bits per heavy atom. The van der Waals surface area contributed by atoms with E-state index < -0.39 is 16.1 Å². The van der Waals surface area contributed by atoms with Gasteiger partial charge in [0.25, 0.3) is 5.91 Å². The van der Waals surface area contributed by atoms with E-state index in [1.807, 2.05) is 19.9 Å². The number of anilines is 1. The number of rotatable bonds is 4. The first-order valence-corrected chi connectivity index (χ1v) is 9.74. The molecule has 2 aromatic rings. The summed E-state index contributed by atoms with van der Waals surface area (Å²) in [4.78, 5) is 13.0. The maximum atomic E-state index is 13.0. The maximum Gasteiger partial charge on any atom is 0.265 e. The molecule has 0 spiro atoms. The monoisotopic (exact) mass is 350 g/mol. The molecule has 0 bridgehead atoms. The van der Waals surface area contributed by atoms with Gasteiger partial charge in [0.1, 0.15) is 6.04 Å². The highest BCUT2D eigenvalue weighted by Crippen LogP contribution is 2.26. The van der Waals surface area contributed by atoms with Gasteiger partial charge in [-0.05, 0) is 44.4 Å². The second kappa shape index (κ2) is 6.18. The summed E-state index contributed by atoms with van der Waals surface area (Å²) in [5.74, 6) is -0.251. The van der Waals surface area contributed by atoms with Gasteiger partial charge in [-0.15, -0.1) is 0 Å². The summed E-state index contributed by atoms with van der Waals surface area (Å²) in [6.45, 7) is 4.03. The SMILES string of the molecule is CCCS(=O)(=O)N1CCC[C@@H]1C(=O)n1nc(C)c2ccc(N)cc21. The number of hydrogen-bond acceptors (Lipinski definition) is 5. The van der Waals surface area contributed by atoms with E-state index in [-0.39, 0.29) is 11.7 Å². The Morgan fingerprint density at radius 2 is 2.17 bits per heavy atom. The number of carbonyl (C=O) groups excluding carboxylic acids is 1. The molecule has 0 radical (unpaired) electrons. The molecule has 1 atom stereocenters. The van der Waals surface area contributed by atoms with Crippen LogP contribution in [0.3, 0.4) is 0 Å². The fourth-order valence-electron chi connectivity index (χ4n) is 3.29. The van der Waals surface area contributed by atoms with Crippen LogP contribution < -0.4 is 5.73 Å². The van der Waals surface area contributed by atoms with Crippen LogP contribution >= 0.6 is 0 Å². The molecule has 0 unspecified atom stereocenters. The van der Waals surface area contributed by atoms with Crippen molar-refractivity contribution in [3.8, 4) is 0 Å². The van der Waals surface area contributed by atoms with Gasteiger partial charge in [0.2, 0.25) is 10.0 Å². The number of nitrogen functional groups attached to an aromatic ring is 1. The van der Waals surface area contributed by atoms with Gasteiger partial charge < -0.3 is 5.73 Å². The molecule has 24 heavy (non-hydrogen) atoms. The quantitative estimate of drug-likeness (QED) is 0.848. The molecule has 1 aromatic heterocycles. The Bertz CT molecular complexity index is 888. The highest BCUT2D eigenvalue weighted by molar-refractivity contribution is 7.89. The van der Waals surface area contributed by atoms with Crippen LogP contribution in [0.25, 0.3) is 10.9 Å². The Labute approximate surface area is 141 Å². The van der Waals surface area contributed by atoms with Crippen LogP contribution in [0.2, 0.25) is 0 Å². The molecule has 0 aliphatic carbocycles. The molecule has 1 aliphatic rings. The Kier molecular flexibility index (Phi) is 4.35. The normalized spacial score (nSPS) is 19.2. The van der Waals surface area contributed by atoms with E-state index >= 15 is 0 Å². The molecule has 130 valence electrons. The summed E-state index contributed by atoms with van der Waals surface area (Å²) in [5, 5.41) is 5.17. The maximum absolute atomic E-state index is 13.0. The van der Waals surface area contributed by atoms with E-state index in [4.69, 9.17) is 5.73 Å². The van der Waals surface area contributed by atoms with Crippen LogP contribution in [0.5, 0.6) is 0 Å². The topological polar surface area (TPSA) is 98.3 Å². The molecule has 2 heterocycles. The number of nitrogens with zero attached hydrogens (tertiary/aromatic N) is 3. The van der Waals surface area contributed by atoms with Crippen LogP contribution in [0, 0.1) is 6.92 Å². The van der Waals surface area contributed by atoms with Crippen LogP contribution in [0.15, 0.2) is 18.2 Å². The molecule has 1 aliphatic heterocycles. The van der Waals surface area contributed by atoms with Crippen molar-refractivity contribution < 1.29 is 13.2 Å². The average Bonchev–Trinajstić information content (AvgIpc) is 3.12. The van der Waals surface area contributed by atoms with Crippen LogP contribution in [-0.2, 0) is 10.0 Å². The van der Waals surface area contributed by atoms with Crippen molar-refractivity contribution >= 4 is 32.5 Å². The van der Waals surface area contributed by atoms with E-state index in [2.05, 4.69) is 5.10 Å². The lowest BCUT2D eigenvalue weighted by atomic mass is 10.2. The van der Waals surface area contributed by atoms with Crippen molar-refractivity contribution in [2.24, 2.45) is 0 Å². The van der Waals surface area contributed by atoms with Gasteiger partial charge in [-0.3, -0.25) is 4.79 Å². The molecule has 8 heteroatoms. The van der Waals surface area contributed by atoms with Gasteiger partial charge in [0.05, 0.1) is 17.0 Å². The van der Waals surface area contributed by atoms with Crippen molar-refractivity contribution in [2.45, 2.75) is 39.2 Å². The zero-order valence-electron chi connectivity index (χ0n) is 13.9. The highest BCUT2D eigenvalue weighted by atomic mass is 32.2. The summed E-state index contributed by atoms with van der Waals surface area (Å²) in [5.41, 5.74) is 7.72. The minimum absolute atomic E-state index is 0.0581. The third kappa shape index (κ3) is 2.80. The van der Waals surface area contributed by atoms with Gasteiger partial charge in [0, 0.05) is 17.6 Å². The van der Waals surface area contributed by atoms with Crippen LogP contribution in [-0.4, -0.2) is 46.8 Å². The molecule has 0 saturated carbocycles. The fourth-order valence-corrected chi connectivity index (χ4v) is 5.03. The van der Waals surface area contributed by atoms with Crippen molar-refractivity contribution in [3.63, 3.8) is 0 Å². The zero-order valence-corrected chi connectivity index (χ0v) is 14.7. The zero-order chi connectivity index (χ0) is 17.5. The first kappa shape index (κ1) is 16.9. The minimum Gasteiger partial charge on any atom is -0.399 e. The van der Waals surface area contributed by atoms with Gasteiger partial charge in [-0.25, -0.2) is 8.42 Å². The molecule has 1 fully saturated rings. The molecule has 0 amide bonds. The molecular formula is C16H22N4O3S. The third-order valence-electron chi connectivity index (χ3n) is 4.41. The van der Waals surface area contributed by atoms with Crippen molar-refractivity contribution in [1.82, 2.24) is 14.1 Å². The highest BCUT2D eigenvalue weighted by Gasteiger charge is 2.39. The van der Waals surface area contributed by atoms with Crippen molar-refractivity contribution in [2.75, 3.05) is 18.0 Å². The number of carbonyl (C=O) groups is 1. The van der Waals surface area contributed by atoms with Gasteiger partial charge in [0.15, 0.2) is 0 Å². The second-order valence-corrected chi connectivity index (χ2v) is 8.24. The average molecular weight is 350 g/mol. The Balaban J connectivity index is 2.01. The van der Waals surface area contributed by atoms with E-state index in [1.54, 1.807) is 12.1 Å². The number of aromatic nitrogens is 2. The number of nitrogens with two attached hydrogens (primary N) is 1. The van der Waals surface area contributed by atoms with Crippen molar-refractivity contribution in [3.05, 3.63) is 23.9 Å². The summed E-state index contributed by atoms with van der Waals surface area (Å²) in [6.07, 6.45) is 1.73. The first-order valence-electron chi connectivity index (χ1n) is 8.13. The summed E-state index contributed by atoms with van der Waals surface area (Å²) >= 11 is 0. The Morgan fingerprint density at radius 1 is 1.42 bits per heavy atom. The second-order valence-electron chi connectivity index (χ2n) is 6.20. The minimum atomic E-state index is -3.42. The Hall–Kier alpha value is -1.93. The van der Waals surface area contributed by atoms with Gasteiger partial charge in [-0.2, -0.15) is 14.1 Å². The molecule has 3 rings (SSSR count). The third-order valence-corrected chi connectivity index (χ3v) is 6.48. The molecule has 1 saturated heterocycles. The predicted octanol–water partition coefficient (Wildman–Crippen LogP) is 1.77. The summed E-state index contributed by atoms with van der Waals surface area (Å²) < 4.78 is 27.5. The van der Waals surface area contributed by atoms with E-state index in [1.165, 1.54) is 8.99 Å². The van der Waals surface area contributed by atoms with Gasteiger partial charge >= 0.3 is 0 Å². The lowest BCUT2D eigenvalue weighted by Gasteiger charge is -2.22. The number of aryl methyl sites for hydroxylation is 1. The van der Waals surface area contributed by atoms with Crippen LogP contribution in [0.1, 0.15) is 36.7 Å². The molecular weight excluding hydrogens is 328 g/mol. The van der Waals surface area contributed by atoms with Crippen LogP contribution in [0.4, 0.5) is 5.69 Å². The van der Waals surface area contributed by atoms with Gasteiger partial charge in [-0.1, -0.05) is 6.92 Å². The fraction of sp³-hybridized carbons (Fsp3) is 0.500. The molecule has 2 N–H and O–H groups in total. The van der Waals surface area contributed by atoms with E-state index in [0.717, 1.165) is 11.1 Å². The summed E-state index contributed by atoms with van der Waals surface area (Å²) in [6, 6.07) is 4.61. The number of sulfonamides is 1. The largest absolute Gasteiger partial charge is 0.399 e. The predicted molar refractivity (Wildman–Crippen MR) is 93.3 cm³/mol.